The smallest absolute Gasteiger partial charge is 0.259 e. The number of nitrogens with zero attached hydrogens (tertiary/aromatic N) is 1. The normalized spacial score (nSPS) is 10.2. The van der Waals surface area contributed by atoms with Crippen LogP contribution in [0, 0.1) is 32.1 Å². The van der Waals surface area contributed by atoms with Crippen LogP contribution in [-0.2, 0) is 0 Å². The number of hydrogen-bond acceptors (Lipinski definition) is 3. The molecule has 1 aromatic carbocycles. The predicted octanol–water partition coefficient (Wildman–Crippen LogP) is 3.98. The molecule has 4 nitrogen and oxygen atoms in total. The zero-order valence-electron chi connectivity index (χ0n) is 11.4. The van der Waals surface area contributed by atoms with Crippen LogP contribution in [0.2, 0.25) is 5.02 Å². The molecule has 1 aromatic heterocycles. The van der Waals surface area contributed by atoms with E-state index < -0.39 is 0 Å². The number of anilines is 1. The van der Waals surface area contributed by atoms with E-state index in [4.69, 9.17) is 21.3 Å². The van der Waals surface area contributed by atoms with Crippen molar-refractivity contribution in [3.05, 3.63) is 51.4 Å². The first kappa shape index (κ1) is 14.2. The van der Waals surface area contributed by atoms with Crippen LogP contribution in [0.5, 0.6) is 0 Å². The van der Waals surface area contributed by atoms with Crippen molar-refractivity contribution in [2.75, 3.05) is 5.32 Å². The second-order valence-corrected chi connectivity index (χ2v) is 4.88. The van der Waals surface area contributed by atoms with E-state index in [-0.39, 0.29) is 5.91 Å². The topological polar surface area (TPSA) is 66.0 Å². The summed E-state index contributed by atoms with van der Waals surface area (Å²) in [5.41, 5.74) is 2.24. The monoisotopic (exact) mass is 288 g/mol. The number of rotatable bonds is 2. The number of hydrogen-bond donors (Lipinski definition) is 1. The first-order valence-electron chi connectivity index (χ1n) is 6.01. The molecule has 0 saturated heterocycles. The first-order chi connectivity index (χ1) is 9.43. The maximum absolute atomic E-state index is 12.3. The standard InChI is InChI=1S/C15H13ClN2O2/c1-8-9(2)20-10(3)14(8)15(19)18-13-5-4-11(7-17)6-12(13)16/h4-6H,1-3H3,(H,18,19). The van der Waals surface area contributed by atoms with Gasteiger partial charge >= 0.3 is 0 Å². The Labute approximate surface area is 122 Å². The van der Waals surface area contributed by atoms with Gasteiger partial charge < -0.3 is 9.73 Å². The average molecular weight is 289 g/mol. The highest BCUT2D eigenvalue weighted by atomic mass is 35.5. The zero-order valence-corrected chi connectivity index (χ0v) is 12.1. The molecular formula is C15H13ClN2O2. The number of nitrogens with one attached hydrogen (secondary N) is 1. The summed E-state index contributed by atoms with van der Waals surface area (Å²) in [6.45, 7) is 5.39. The molecule has 2 rings (SSSR count). The summed E-state index contributed by atoms with van der Waals surface area (Å²) in [5, 5.41) is 11.8. The van der Waals surface area contributed by atoms with Crippen molar-refractivity contribution >= 4 is 23.2 Å². The van der Waals surface area contributed by atoms with E-state index in [0.717, 1.165) is 11.3 Å². The highest BCUT2D eigenvalue weighted by Crippen LogP contribution is 2.26. The molecule has 20 heavy (non-hydrogen) atoms. The Kier molecular flexibility index (Phi) is 3.82. The number of carbonyl (C=O) groups is 1. The van der Waals surface area contributed by atoms with Crippen LogP contribution in [0.4, 0.5) is 5.69 Å². The largest absolute Gasteiger partial charge is 0.466 e. The molecule has 0 aliphatic rings. The van der Waals surface area contributed by atoms with Gasteiger partial charge in [0.2, 0.25) is 0 Å². The second-order valence-electron chi connectivity index (χ2n) is 4.47. The number of carbonyl (C=O) groups excluding carboxylic acids is 1. The third-order valence-electron chi connectivity index (χ3n) is 3.13. The van der Waals surface area contributed by atoms with Crippen molar-refractivity contribution in [1.82, 2.24) is 0 Å². The van der Waals surface area contributed by atoms with Gasteiger partial charge in [-0.15, -0.1) is 0 Å². The van der Waals surface area contributed by atoms with E-state index in [2.05, 4.69) is 5.32 Å². The molecule has 0 atom stereocenters. The van der Waals surface area contributed by atoms with Crippen LogP contribution in [0.3, 0.4) is 0 Å². The van der Waals surface area contributed by atoms with Crippen LogP contribution in [0.1, 0.15) is 33.0 Å². The summed E-state index contributed by atoms with van der Waals surface area (Å²) in [7, 11) is 0. The molecule has 102 valence electrons. The van der Waals surface area contributed by atoms with Gasteiger partial charge in [-0.25, -0.2) is 0 Å². The van der Waals surface area contributed by atoms with Crippen molar-refractivity contribution in [3.63, 3.8) is 0 Å². The molecule has 1 heterocycles. The number of halogens is 1. The van der Waals surface area contributed by atoms with E-state index in [1.807, 2.05) is 19.9 Å². The minimum atomic E-state index is -0.275. The highest BCUT2D eigenvalue weighted by molar-refractivity contribution is 6.34. The average Bonchev–Trinajstić information content (AvgIpc) is 2.65. The number of benzene rings is 1. The maximum atomic E-state index is 12.3. The van der Waals surface area contributed by atoms with Crippen molar-refractivity contribution in [3.8, 4) is 6.07 Å². The lowest BCUT2D eigenvalue weighted by atomic mass is 10.1. The van der Waals surface area contributed by atoms with E-state index in [1.165, 1.54) is 6.07 Å². The molecule has 0 aliphatic heterocycles. The fourth-order valence-corrected chi connectivity index (χ4v) is 2.23. The van der Waals surface area contributed by atoms with Crippen molar-refractivity contribution in [2.45, 2.75) is 20.8 Å². The Bertz CT molecular complexity index is 726. The van der Waals surface area contributed by atoms with E-state index in [1.54, 1.807) is 19.1 Å². The maximum Gasteiger partial charge on any atom is 0.259 e. The van der Waals surface area contributed by atoms with Gasteiger partial charge in [0.15, 0.2) is 0 Å². The van der Waals surface area contributed by atoms with Crippen molar-refractivity contribution in [2.24, 2.45) is 0 Å². The Morgan fingerprint density at radius 3 is 2.50 bits per heavy atom. The number of furan rings is 1. The summed E-state index contributed by atoms with van der Waals surface area (Å²) < 4.78 is 5.43. The Hall–Kier alpha value is -2.25. The Morgan fingerprint density at radius 2 is 2.00 bits per heavy atom. The minimum absolute atomic E-state index is 0.275. The van der Waals surface area contributed by atoms with Gasteiger partial charge in [-0.1, -0.05) is 11.6 Å². The predicted molar refractivity (Wildman–Crippen MR) is 77.0 cm³/mol. The Balaban J connectivity index is 2.31. The summed E-state index contributed by atoms with van der Waals surface area (Å²) in [6.07, 6.45) is 0. The molecule has 0 radical (unpaired) electrons. The molecular weight excluding hydrogens is 276 g/mol. The summed E-state index contributed by atoms with van der Waals surface area (Å²) >= 11 is 6.04. The lowest BCUT2D eigenvalue weighted by Crippen LogP contribution is -2.13. The van der Waals surface area contributed by atoms with Gasteiger partial charge in [0, 0.05) is 5.56 Å². The Morgan fingerprint density at radius 1 is 1.30 bits per heavy atom. The van der Waals surface area contributed by atoms with Crippen LogP contribution in [-0.4, -0.2) is 5.91 Å². The third kappa shape index (κ3) is 2.54. The van der Waals surface area contributed by atoms with Crippen LogP contribution in [0.15, 0.2) is 22.6 Å². The molecule has 0 saturated carbocycles. The fraction of sp³-hybridized carbons (Fsp3) is 0.200. The lowest BCUT2D eigenvalue weighted by molar-refractivity contribution is 0.102. The van der Waals surface area contributed by atoms with Gasteiger partial charge in [-0.3, -0.25) is 4.79 Å². The molecule has 0 aliphatic carbocycles. The van der Waals surface area contributed by atoms with E-state index >= 15 is 0 Å². The van der Waals surface area contributed by atoms with Gasteiger partial charge in [0.25, 0.3) is 5.91 Å². The minimum Gasteiger partial charge on any atom is -0.466 e. The summed E-state index contributed by atoms with van der Waals surface area (Å²) in [6, 6.07) is 6.71. The molecule has 5 heteroatoms. The molecule has 1 N–H and O–H groups in total. The SMILES string of the molecule is Cc1oc(C)c(C(=O)Nc2ccc(C#N)cc2Cl)c1C. The van der Waals surface area contributed by atoms with Gasteiger partial charge in [0.05, 0.1) is 27.9 Å². The van der Waals surface area contributed by atoms with E-state index in [0.29, 0.717) is 27.6 Å². The quantitative estimate of drug-likeness (QED) is 0.909. The number of amides is 1. The third-order valence-corrected chi connectivity index (χ3v) is 3.45. The fourth-order valence-electron chi connectivity index (χ4n) is 2.00. The second kappa shape index (κ2) is 5.40. The number of nitriles is 1. The molecule has 2 aromatic rings. The molecule has 1 amide bonds. The molecule has 0 spiro atoms. The first-order valence-corrected chi connectivity index (χ1v) is 6.39. The van der Waals surface area contributed by atoms with E-state index in [9.17, 15) is 4.79 Å². The van der Waals surface area contributed by atoms with Crippen molar-refractivity contribution in [1.29, 1.82) is 5.26 Å². The van der Waals surface area contributed by atoms with Gasteiger partial charge in [0.1, 0.15) is 11.5 Å². The molecule has 0 unspecified atom stereocenters. The van der Waals surface area contributed by atoms with Crippen LogP contribution < -0.4 is 5.32 Å². The van der Waals surface area contributed by atoms with Gasteiger partial charge in [-0.2, -0.15) is 5.26 Å². The van der Waals surface area contributed by atoms with Crippen LogP contribution >= 0.6 is 11.6 Å². The zero-order chi connectivity index (χ0) is 14.9. The molecule has 0 fully saturated rings. The van der Waals surface area contributed by atoms with Crippen LogP contribution in [0.25, 0.3) is 0 Å². The lowest BCUT2D eigenvalue weighted by Gasteiger charge is -2.07. The number of aryl methyl sites for hydroxylation is 2. The summed E-state index contributed by atoms with van der Waals surface area (Å²) in [5.74, 6) is 1.02. The molecule has 0 bridgehead atoms. The summed E-state index contributed by atoms with van der Waals surface area (Å²) in [4.78, 5) is 12.3. The van der Waals surface area contributed by atoms with Gasteiger partial charge in [-0.05, 0) is 39.0 Å². The van der Waals surface area contributed by atoms with Crippen molar-refractivity contribution < 1.29 is 9.21 Å². The highest BCUT2D eigenvalue weighted by Gasteiger charge is 2.19.